The van der Waals surface area contributed by atoms with Crippen LogP contribution in [0.1, 0.15) is 48.7 Å². The molecule has 1 aromatic heterocycles. The molecule has 0 radical (unpaired) electrons. The fourth-order valence-electron chi connectivity index (χ4n) is 3.28. The number of nitrogens with zero attached hydrogens (tertiary/aromatic N) is 1. The Kier molecular flexibility index (Phi) is 5.88. The van der Waals surface area contributed by atoms with E-state index in [1.165, 1.54) is 6.26 Å². The van der Waals surface area contributed by atoms with E-state index in [9.17, 15) is 10.1 Å². The van der Waals surface area contributed by atoms with Crippen molar-refractivity contribution in [3.8, 4) is 6.07 Å². The van der Waals surface area contributed by atoms with Crippen LogP contribution in [0.5, 0.6) is 0 Å². The molecule has 0 amide bonds. The van der Waals surface area contributed by atoms with Crippen molar-refractivity contribution in [3.05, 3.63) is 71.4 Å². The highest BCUT2D eigenvalue weighted by atomic mass is 32.1. The summed E-state index contributed by atoms with van der Waals surface area (Å²) in [5.41, 5.74) is 0.870. The Morgan fingerprint density at radius 2 is 2.00 bits per heavy atom. The van der Waals surface area contributed by atoms with Gasteiger partial charge in [0.2, 0.25) is 0 Å². The highest BCUT2D eigenvalue weighted by Crippen LogP contribution is 2.41. The minimum absolute atomic E-state index is 0.00895. The van der Waals surface area contributed by atoms with Crippen LogP contribution < -0.4 is 0 Å². The lowest BCUT2D eigenvalue weighted by atomic mass is 9.78. The Morgan fingerprint density at radius 1 is 1.22 bits per heavy atom. The van der Waals surface area contributed by atoms with Gasteiger partial charge in [0.25, 0.3) is 0 Å². The lowest BCUT2D eigenvalue weighted by Crippen LogP contribution is -2.31. The molecule has 138 valence electrons. The van der Waals surface area contributed by atoms with Crippen LogP contribution in [0, 0.1) is 16.7 Å². The van der Waals surface area contributed by atoms with Gasteiger partial charge in [0.1, 0.15) is 6.61 Å². The molecule has 0 saturated carbocycles. The van der Waals surface area contributed by atoms with Crippen molar-refractivity contribution in [2.24, 2.45) is 5.41 Å². The number of ketones is 1. The summed E-state index contributed by atoms with van der Waals surface area (Å²) in [6.45, 7) is 2.18. The van der Waals surface area contributed by atoms with Gasteiger partial charge in [0.05, 0.1) is 23.0 Å². The summed E-state index contributed by atoms with van der Waals surface area (Å²) in [5.74, 6) is 1.23. The van der Waals surface area contributed by atoms with Gasteiger partial charge in [0.15, 0.2) is 17.0 Å². The van der Waals surface area contributed by atoms with Crippen LogP contribution in [0.4, 0.5) is 0 Å². The van der Waals surface area contributed by atoms with Gasteiger partial charge in [-0.25, -0.2) is 0 Å². The fraction of sp³-hybridized carbons (Fsp3) is 0.318. The van der Waals surface area contributed by atoms with E-state index >= 15 is 0 Å². The number of furan rings is 1. The minimum atomic E-state index is -0.893. The highest BCUT2D eigenvalue weighted by molar-refractivity contribution is 7.81. The Hall–Kier alpha value is -2.71. The van der Waals surface area contributed by atoms with Crippen LogP contribution in [0.3, 0.4) is 0 Å². The summed E-state index contributed by atoms with van der Waals surface area (Å²) in [5, 5.41) is 9.88. The molecule has 1 unspecified atom stereocenters. The normalized spacial score (nSPS) is 18.8. The van der Waals surface area contributed by atoms with Crippen molar-refractivity contribution in [1.29, 1.82) is 5.26 Å². The molecule has 0 saturated heterocycles. The molecule has 0 aliphatic carbocycles. The molecule has 0 bridgehead atoms. The van der Waals surface area contributed by atoms with Gasteiger partial charge >= 0.3 is 0 Å². The Balaban J connectivity index is 1.63. The third-order valence-corrected chi connectivity index (χ3v) is 5.57. The van der Waals surface area contributed by atoms with Gasteiger partial charge in [-0.2, -0.15) is 5.26 Å². The predicted octanol–water partition coefficient (Wildman–Crippen LogP) is 5.26. The number of unbranched alkanes of at least 4 members (excludes halogenated alkanes) is 1. The lowest BCUT2D eigenvalue weighted by Gasteiger charge is -2.22. The number of Topliss-reactive ketones (excluding diaryl/α,β-unsaturated/α-hetero) is 1. The van der Waals surface area contributed by atoms with Gasteiger partial charge in [0, 0.05) is 12.8 Å². The predicted molar refractivity (Wildman–Crippen MR) is 106 cm³/mol. The third-order valence-electron chi connectivity index (χ3n) is 4.99. The van der Waals surface area contributed by atoms with E-state index in [1.807, 2.05) is 37.3 Å². The van der Waals surface area contributed by atoms with Crippen molar-refractivity contribution >= 4 is 22.9 Å². The minimum Gasteiger partial charge on any atom is -0.496 e. The van der Waals surface area contributed by atoms with E-state index in [4.69, 9.17) is 21.4 Å². The molecule has 2 aromatic rings. The number of hydrogen-bond donors (Lipinski definition) is 0. The van der Waals surface area contributed by atoms with E-state index in [0.717, 1.165) is 29.7 Å². The van der Waals surface area contributed by atoms with Crippen molar-refractivity contribution in [1.82, 2.24) is 0 Å². The number of carbonyl (C=O) groups excluding carboxylic acids is 1. The first-order valence-electron chi connectivity index (χ1n) is 8.99. The smallest absolute Gasteiger partial charge is 0.197 e. The molecule has 1 aromatic carbocycles. The zero-order valence-corrected chi connectivity index (χ0v) is 16.1. The molecule has 0 N–H and O–H groups in total. The summed E-state index contributed by atoms with van der Waals surface area (Å²) in [6.07, 6.45) is 4.18. The van der Waals surface area contributed by atoms with Gasteiger partial charge in [-0.1, -0.05) is 42.5 Å². The van der Waals surface area contributed by atoms with E-state index in [-0.39, 0.29) is 12.4 Å². The fourth-order valence-corrected chi connectivity index (χ4v) is 3.67. The monoisotopic (exact) mass is 379 g/mol. The second kappa shape index (κ2) is 8.32. The Morgan fingerprint density at radius 3 is 2.67 bits per heavy atom. The van der Waals surface area contributed by atoms with Gasteiger partial charge in [-0.05, 0) is 43.0 Å². The zero-order valence-electron chi connectivity index (χ0n) is 15.2. The van der Waals surface area contributed by atoms with Crippen LogP contribution in [0.15, 0.2) is 64.5 Å². The largest absolute Gasteiger partial charge is 0.496 e. The van der Waals surface area contributed by atoms with Gasteiger partial charge in [-0.15, -0.1) is 0 Å². The molecule has 1 atom stereocenters. The van der Waals surface area contributed by atoms with Gasteiger partial charge < -0.3 is 9.15 Å². The molecule has 5 heteroatoms. The maximum absolute atomic E-state index is 12.0. The summed E-state index contributed by atoms with van der Waals surface area (Å²) >= 11 is 5.65. The molecule has 27 heavy (non-hydrogen) atoms. The molecule has 3 rings (SSSR count). The summed E-state index contributed by atoms with van der Waals surface area (Å²) in [7, 11) is 0. The molecular weight excluding hydrogens is 358 g/mol. The Bertz CT molecular complexity index is 893. The zero-order chi connectivity index (χ0) is 19.3. The molecule has 0 spiro atoms. The molecule has 4 nitrogen and oxygen atoms in total. The first kappa shape index (κ1) is 19.1. The van der Waals surface area contributed by atoms with Crippen LogP contribution in [0.25, 0.3) is 0 Å². The number of carbonyl (C=O) groups is 1. The van der Waals surface area contributed by atoms with Crippen molar-refractivity contribution in [3.63, 3.8) is 0 Å². The average Bonchev–Trinajstić information content (AvgIpc) is 3.35. The number of thiocarbonyl (C=S) groups is 1. The molecule has 1 aliphatic heterocycles. The van der Waals surface area contributed by atoms with Crippen LogP contribution in [0.2, 0.25) is 0 Å². The summed E-state index contributed by atoms with van der Waals surface area (Å²) in [4.78, 5) is 12.6. The van der Waals surface area contributed by atoms with Crippen LogP contribution in [-0.4, -0.2) is 17.3 Å². The highest BCUT2D eigenvalue weighted by Gasteiger charge is 2.44. The van der Waals surface area contributed by atoms with E-state index in [2.05, 4.69) is 6.07 Å². The molecule has 0 fully saturated rings. The van der Waals surface area contributed by atoms with E-state index in [0.29, 0.717) is 23.5 Å². The second-order valence-electron chi connectivity index (χ2n) is 6.66. The van der Waals surface area contributed by atoms with E-state index < -0.39 is 5.41 Å². The van der Waals surface area contributed by atoms with Crippen molar-refractivity contribution < 1.29 is 13.9 Å². The van der Waals surface area contributed by atoms with Crippen LogP contribution >= 0.6 is 12.2 Å². The Labute approximate surface area is 164 Å². The third kappa shape index (κ3) is 3.86. The topological polar surface area (TPSA) is 63.2 Å². The molecular formula is C22H21NO3S. The van der Waals surface area contributed by atoms with Crippen molar-refractivity contribution in [2.45, 2.75) is 32.6 Å². The number of nitriles is 1. The first-order valence-corrected chi connectivity index (χ1v) is 9.40. The summed E-state index contributed by atoms with van der Waals surface area (Å²) in [6, 6.07) is 15.4. The summed E-state index contributed by atoms with van der Waals surface area (Å²) < 4.78 is 11.0. The number of rotatable bonds is 8. The molecule has 1 aliphatic rings. The van der Waals surface area contributed by atoms with Gasteiger partial charge in [-0.3, -0.25) is 4.79 Å². The maximum atomic E-state index is 12.0. The van der Waals surface area contributed by atoms with Crippen LogP contribution in [-0.2, 0) is 4.74 Å². The number of ether oxygens (including phenoxy) is 1. The maximum Gasteiger partial charge on any atom is 0.197 e. The standard InChI is InChI=1S/C22H21NO3S/c1-16-19(11-6-5-10-18(24)20-12-7-13-25-20)26-15-22(16,14-23)21(27)17-8-3-2-4-9-17/h2-4,7-9,12-13H,5-6,10-11,15H2,1H3. The van der Waals surface area contributed by atoms with Crippen molar-refractivity contribution in [2.75, 3.05) is 6.61 Å². The second-order valence-corrected chi connectivity index (χ2v) is 7.06. The lowest BCUT2D eigenvalue weighted by molar-refractivity contribution is 0.0951. The average molecular weight is 379 g/mol. The number of allylic oxidation sites excluding steroid dienone is 1. The quantitative estimate of drug-likeness (QED) is 0.356. The molecule has 2 heterocycles. The SMILES string of the molecule is CC1=C(CCCCC(=O)c2ccco2)OCC1(C#N)C(=S)c1ccccc1. The number of hydrogen-bond acceptors (Lipinski definition) is 5. The van der Waals surface area contributed by atoms with E-state index in [1.54, 1.807) is 12.1 Å². The first-order chi connectivity index (χ1) is 13.1. The number of benzene rings is 1.